The molecule has 0 radical (unpaired) electrons. The number of nitrogens with one attached hydrogen (secondary N) is 1. The number of hydrogen-bond acceptors (Lipinski definition) is 5. The van der Waals surface area contributed by atoms with E-state index in [1.165, 1.54) is 0 Å². The second-order valence-corrected chi connectivity index (χ2v) is 9.24. The van der Waals surface area contributed by atoms with Crippen LogP contribution in [-0.4, -0.2) is 20.5 Å². The molecule has 1 unspecified atom stereocenters. The molecule has 1 aromatic heterocycles. The topological polar surface area (TPSA) is 83.6 Å². The number of benzene rings is 2. The van der Waals surface area contributed by atoms with Crippen molar-refractivity contribution in [2.75, 3.05) is 5.32 Å². The van der Waals surface area contributed by atoms with E-state index in [1.807, 2.05) is 30.3 Å². The number of Topliss-reactive ketones (excluding diaryl/α,β-unsaturated/α-hetero) is 1. The highest BCUT2D eigenvalue weighted by Gasteiger charge is 2.41. The fourth-order valence-electron chi connectivity index (χ4n) is 4.41. The largest absolute Gasteiger partial charge is 0.328 e. The molecule has 0 fully saturated rings. The molecular weight excluding hydrogens is 410 g/mol. The van der Waals surface area contributed by atoms with Crippen LogP contribution >= 0.6 is 11.6 Å². The third-order valence-electron chi connectivity index (χ3n) is 5.77. The number of carbonyl (C=O) groups excluding carboxylic acids is 1. The van der Waals surface area contributed by atoms with Gasteiger partial charge in [0.1, 0.15) is 6.04 Å². The van der Waals surface area contributed by atoms with Crippen LogP contribution in [0.2, 0.25) is 5.02 Å². The van der Waals surface area contributed by atoms with Crippen molar-refractivity contribution in [3.63, 3.8) is 0 Å². The van der Waals surface area contributed by atoms with Gasteiger partial charge in [-0.1, -0.05) is 49.7 Å². The first kappa shape index (κ1) is 19.5. The lowest BCUT2D eigenvalue weighted by molar-refractivity contribution is -0.118. The zero-order valence-corrected chi connectivity index (χ0v) is 17.9. The maximum atomic E-state index is 13.3. The molecule has 6 nitrogen and oxygen atoms in total. The standard InChI is InChI=1S/C24H20ClN5O/c1-24(2)11-18-20(19(31)12-24)21(15-8-6-14(13-26)7-9-15)30-23(27-18)28-22(29-30)16-4-3-5-17(25)10-16/h3-10,21H,11-12H2,1-2H3,(H,27,28,29). The molecular formula is C24H20ClN5O. The first-order valence-corrected chi connectivity index (χ1v) is 10.5. The summed E-state index contributed by atoms with van der Waals surface area (Å²) in [6.07, 6.45) is 1.23. The molecule has 1 aliphatic carbocycles. The predicted octanol–water partition coefficient (Wildman–Crippen LogP) is 5.13. The smallest absolute Gasteiger partial charge is 0.226 e. The summed E-state index contributed by atoms with van der Waals surface area (Å²) in [6.45, 7) is 4.20. The van der Waals surface area contributed by atoms with E-state index in [-0.39, 0.29) is 11.2 Å². The van der Waals surface area contributed by atoms with Gasteiger partial charge in [0.15, 0.2) is 11.6 Å². The van der Waals surface area contributed by atoms with Gasteiger partial charge in [-0.2, -0.15) is 10.2 Å². The quantitative estimate of drug-likeness (QED) is 0.610. The third-order valence-corrected chi connectivity index (χ3v) is 6.01. The number of rotatable bonds is 2. The highest BCUT2D eigenvalue weighted by molar-refractivity contribution is 6.30. The van der Waals surface area contributed by atoms with Crippen molar-refractivity contribution in [1.29, 1.82) is 5.26 Å². The summed E-state index contributed by atoms with van der Waals surface area (Å²) in [6, 6.07) is 16.4. The number of aromatic nitrogens is 3. The average molecular weight is 430 g/mol. The molecule has 0 saturated heterocycles. The van der Waals surface area contributed by atoms with Crippen LogP contribution in [0.25, 0.3) is 11.4 Å². The molecule has 0 bridgehead atoms. The van der Waals surface area contributed by atoms with Crippen LogP contribution in [-0.2, 0) is 4.79 Å². The molecule has 0 spiro atoms. The number of ketones is 1. The number of hydrogen-bond donors (Lipinski definition) is 1. The van der Waals surface area contributed by atoms with Gasteiger partial charge < -0.3 is 5.32 Å². The van der Waals surface area contributed by atoms with Crippen LogP contribution in [0.5, 0.6) is 0 Å². The van der Waals surface area contributed by atoms with Gasteiger partial charge in [0, 0.05) is 28.3 Å². The minimum atomic E-state index is -0.400. The molecule has 5 rings (SSSR count). The van der Waals surface area contributed by atoms with E-state index in [9.17, 15) is 10.1 Å². The Labute approximate surface area is 185 Å². The molecule has 1 atom stereocenters. The molecule has 1 N–H and O–H groups in total. The summed E-state index contributed by atoms with van der Waals surface area (Å²) in [4.78, 5) is 18.0. The Balaban J connectivity index is 1.68. The number of allylic oxidation sites excluding steroid dienone is 2. The maximum Gasteiger partial charge on any atom is 0.226 e. The van der Waals surface area contributed by atoms with E-state index in [0.717, 1.165) is 28.8 Å². The van der Waals surface area contributed by atoms with Crippen molar-refractivity contribution < 1.29 is 4.79 Å². The summed E-state index contributed by atoms with van der Waals surface area (Å²) in [5.74, 6) is 1.24. The van der Waals surface area contributed by atoms with Gasteiger partial charge in [-0.25, -0.2) is 4.68 Å². The summed E-state index contributed by atoms with van der Waals surface area (Å²) in [5, 5.41) is 17.9. The Kier molecular flexibility index (Phi) is 4.45. The SMILES string of the molecule is CC1(C)CC(=O)C2=C(C1)Nc1nc(-c3cccc(Cl)c3)nn1C2c1ccc(C#N)cc1. The molecule has 2 aliphatic rings. The lowest BCUT2D eigenvalue weighted by Gasteiger charge is -2.38. The van der Waals surface area contributed by atoms with Crippen molar-refractivity contribution in [2.24, 2.45) is 5.41 Å². The number of carbonyl (C=O) groups is 1. The number of halogens is 1. The Morgan fingerprint density at radius 3 is 2.68 bits per heavy atom. The molecule has 31 heavy (non-hydrogen) atoms. The number of fused-ring (bicyclic) bond motifs is 1. The zero-order valence-electron chi connectivity index (χ0n) is 17.2. The second-order valence-electron chi connectivity index (χ2n) is 8.81. The Morgan fingerprint density at radius 2 is 1.97 bits per heavy atom. The van der Waals surface area contributed by atoms with E-state index in [0.29, 0.717) is 28.8 Å². The highest BCUT2D eigenvalue weighted by Crippen LogP contribution is 2.45. The molecule has 2 aromatic carbocycles. The normalized spacial score (nSPS) is 19.3. The van der Waals surface area contributed by atoms with E-state index >= 15 is 0 Å². The fraction of sp³-hybridized carbons (Fsp3) is 0.250. The van der Waals surface area contributed by atoms with Gasteiger partial charge in [-0.3, -0.25) is 4.79 Å². The van der Waals surface area contributed by atoms with Gasteiger partial charge in [0.2, 0.25) is 5.95 Å². The van der Waals surface area contributed by atoms with Crippen LogP contribution in [0.15, 0.2) is 59.8 Å². The van der Waals surface area contributed by atoms with Crippen LogP contribution in [0.1, 0.15) is 43.9 Å². The average Bonchev–Trinajstić information content (AvgIpc) is 3.15. The summed E-state index contributed by atoms with van der Waals surface area (Å²) in [5.41, 5.74) is 3.76. The molecule has 3 aromatic rings. The lowest BCUT2D eigenvalue weighted by atomic mass is 9.73. The van der Waals surface area contributed by atoms with Crippen LogP contribution < -0.4 is 5.32 Å². The number of anilines is 1. The Morgan fingerprint density at radius 1 is 1.19 bits per heavy atom. The van der Waals surface area contributed by atoms with Crippen molar-refractivity contribution in [2.45, 2.75) is 32.7 Å². The van der Waals surface area contributed by atoms with Crippen LogP contribution in [0, 0.1) is 16.7 Å². The molecule has 154 valence electrons. The number of nitriles is 1. The minimum absolute atomic E-state index is 0.110. The van der Waals surface area contributed by atoms with Crippen molar-refractivity contribution in [3.8, 4) is 17.5 Å². The zero-order chi connectivity index (χ0) is 21.8. The van der Waals surface area contributed by atoms with Crippen molar-refractivity contribution in [3.05, 3.63) is 76.0 Å². The summed E-state index contributed by atoms with van der Waals surface area (Å²) >= 11 is 6.17. The van der Waals surface area contributed by atoms with E-state index in [4.69, 9.17) is 21.7 Å². The predicted molar refractivity (Wildman–Crippen MR) is 118 cm³/mol. The van der Waals surface area contributed by atoms with Gasteiger partial charge in [0.05, 0.1) is 11.6 Å². The third kappa shape index (κ3) is 3.41. The highest BCUT2D eigenvalue weighted by atomic mass is 35.5. The summed E-state index contributed by atoms with van der Waals surface area (Å²) in [7, 11) is 0. The fourth-order valence-corrected chi connectivity index (χ4v) is 4.60. The Bertz CT molecular complexity index is 1280. The van der Waals surface area contributed by atoms with Crippen LogP contribution in [0.3, 0.4) is 0 Å². The van der Waals surface area contributed by atoms with Crippen molar-refractivity contribution in [1.82, 2.24) is 14.8 Å². The van der Waals surface area contributed by atoms with Gasteiger partial charge in [-0.05, 0) is 41.7 Å². The van der Waals surface area contributed by atoms with Crippen molar-refractivity contribution >= 4 is 23.3 Å². The van der Waals surface area contributed by atoms with Gasteiger partial charge >= 0.3 is 0 Å². The molecule has 2 heterocycles. The second kappa shape index (κ2) is 7.07. The Hall–Kier alpha value is -3.43. The van der Waals surface area contributed by atoms with E-state index < -0.39 is 6.04 Å². The molecule has 0 amide bonds. The van der Waals surface area contributed by atoms with Gasteiger partial charge in [-0.15, -0.1) is 5.10 Å². The molecule has 1 aliphatic heterocycles. The minimum Gasteiger partial charge on any atom is -0.328 e. The first-order valence-electron chi connectivity index (χ1n) is 10.1. The number of nitrogens with zero attached hydrogens (tertiary/aromatic N) is 4. The van der Waals surface area contributed by atoms with E-state index in [1.54, 1.807) is 22.9 Å². The molecule has 7 heteroatoms. The van der Waals surface area contributed by atoms with Crippen LogP contribution in [0.4, 0.5) is 5.95 Å². The molecule has 0 saturated carbocycles. The first-order chi connectivity index (χ1) is 14.8. The summed E-state index contributed by atoms with van der Waals surface area (Å²) < 4.78 is 1.77. The maximum absolute atomic E-state index is 13.3. The lowest BCUT2D eigenvalue weighted by Crippen LogP contribution is -2.36. The monoisotopic (exact) mass is 429 g/mol. The van der Waals surface area contributed by atoms with E-state index in [2.05, 4.69) is 25.2 Å². The van der Waals surface area contributed by atoms with Gasteiger partial charge in [0.25, 0.3) is 0 Å².